The summed E-state index contributed by atoms with van der Waals surface area (Å²) >= 11 is 0. The fraction of sp³-hybridized carbons (Fsp3) is 0.120. The number of ether oxygens (including phenoxy) is 1. The first kappa shape index (κ1) is 21.8. The van der Waals surface area contributed by atoms with E-state index in [2.05, 4.69) is 10.3 Å². The molecule has 3 heterocycles. The van der Waals surface area contributed by atoms with Crippen LogP contribution in [0.25, 0.3) is 5.52 Å². The van der Waals surface area contributed by atoms with E-state index < -0.39 is 11.9 Å². The molecule has 8 nitrogen and oxygen atoms in total. The highest BCUT2D eigenvalue weighted by Gasteiger charge is 2.25. The minimum Gasteiger partial charge on any atom is -0.508 e. The quantitative estimate of drug-likeness (QED) is 0.335. The molecular weight excluding hydrogens is 422 g/mol. The van der Waals surface area contributed by atoms with E-state index in [0.29, 0.717) is 11.3 Å². The number of benzene rings is 1. The Morgan fingerprint density at radius 1 is 1.03 bits per heavy atom. The lowest BCUT2D eigenvalue weighted by atomic mass is 10.1. The monoisotopic (exact) mass is 443 g/mol. The average molecular weight is 443 g/mol. The summed E-state index contributed by atoms with van der Waals surface area (Å²) in [6.45, 7) is 2.03. The van der Waals surface area contributed by atoms with Gasteiger partial charge in [0.05, 0.1) is 41.2 Å². The van der Waals surface area contributed by atoms with Crippen LogP contribution in [-0.4, -0.2) is 38.8 Å². The summed E-state index contributed by atoms with van der Waals surface area (Å²) in [5.74, 6) is -1.39. The SMILES string of the molecule is CCOC(=O)c1cc(C(=O)c2ccc(O)cc2)n2cccc(C(=O)NCc3ccccn3)c12. The van der Waals surface area contributed by atoms with Crippen LogP contribution in [0, 0.1) is 0 Å². The van der Waals surface area contributed by atoms with E-state index in [1.165, 1.54) is 34.7 Å². The van der Waals surface area contributed by atoms with E-state index in [0.717, 1.165) is 0 Å². The molecule has 0 aliphatic heterocycles. The first-order valence-corrected chi connectivity index (χ1v) is 10.3. The molecule has 2 N–H and O–H groups in total. The first-order chi connectivity index (χ1) is 16.0. The van der Waals surface area contributed by atoms with Gasteiger partial charge in [-0.25, -0.2) is 4.79 Å². The number of hydrogen-bond acceptors (Lipinski definition) is 6. The second-order valence-corrected chi connectivity index (χ2v) is 7.18. The molecule has 8 heteroatoms. The molecule has 0 aliphatic rings. The third-order valence-corrected chi connectivity index (χ3v) is 5.05. The molecule has 1 aromatic carbocycles. The number of ketones is 1. The molecular formula is C25H21N3O5. The number of esters is 1. The van der Waals surface area contributed by atoms with Crippen LogP contribution in [0.4, 0.5) is 0 Å². The van der Waals surface area contributed by atoms with Crippen molar-refractivity contribution in [2.24, 2.45) is 0 Å². The number of carbonyl (C=O) groups excluding carboxylic acids is 3. The predicted molar refractivity (Wildman–Crippen MR) is 120 cm³/mol. The smallest absolute Gasteiger partial charge is 0.340 e. The Balaban J connectivity index is 1.78. The molecule has 33 heavy (non-hydrogen) atoms. The van der Waals surface area contributed by atoms with Crippen molar-refractivity contribution in [3.05, 3.63) is 101 Å². The predicted octanol–water partition coefficient (Wildman–Crippen LogP) is 3.38. The number of hydrogen-bond donors (Lipinski definition) is 2. The number of amides is 1. The Morgan fingerprint density at radius 2 is 1.82 bits per heavy atom. The number of phenolic OH excluding ortho intramolecular Hbond substituents is 1. The van der Waals surface area contributed by atoms with Gasteiger partial charge in [0.1, 0.15) is 5.75 Å². The molecule has 0 unspecified atom stereocenters. The number of fused-ring (bicyclic) bond motifs is 1. The molecule has 4 aromatic rings. The molecule has 4 rings (SSSR count). The van der Waals surface area contributed by atoms with E-state index in [9.17, 15) is 19.5 Å². The van der Waals surface area contributed by atoms with E-state index in [-0.39, 0.29) is 47.0 Å². The Labute approximate surface area is 189 Å². The highest BCUT2D eigenvalue weighted by molar-refractivity contribution is 6.14. The molecule has 0 saturated carbocycles. The molecule has 0 fully saturated rings. The van der Waals surface area contributed by atoms with Crippen molar-refractivity contribution in [2.75, 3.05) is 6.61 Å². The maximum Gasteiger partial charge on any atom is 0.340 e. The van der Waals surface area contributed by atoms with Crippen molar-refractivity contribution in [3.8, 4) is 5.75 Å². The summed E-state index contributed by atoms with van der Waals surface area (Å²) in [6.07, 6.45) is 3.25. The van der Waals surface area contributed by atoms with Crippen molar-refractivity contribution in [2.45, 2.75) is 13.5 Å². The van der Waals surface area contributed by atoms with Crippen molar-refractivity contribution in [1.29, 1.82) is 0 Å². The van der Waals surface area contributed by atoms with Gasteiger partial charge in [0.25, 0.3) is 5.91 Å². The number of nitrogens with zero attached hydrogens (tertiary/aromatic N) is 2. The number of aromatic hydroxyl groups is 1. The highest BCUT2D eigenvalue weighted by Crippen LogP contribution is 2.25. The van der Waals surface area contributed by atoms with Crippen LogP contribution < -0.4 is 5.32 Å². The van der Waals surface area contributed by atoms with Crippen LogP contribution in [0.2, 0.25) is 0 Å². The minimum atomic E-state index is -0.635. The fourth-order valence-corrected chi connectivity index (χ4v) is 3.51. The van der Waals surface area contributed by atoms with Crippen molar-refractivity contribution >= 4 is 23.2 Å². The van der Waals surface area contributed by atoms with Gasteiger partial charge >= 0.3 is 5.97 Å². The Morgan fingerprint density at radius 3 is 2.52 bits per heavy atom. The third kappa shape index (κ3) is 4.45. The molecule has 0 bridgehead atoms. The Bertz CT molecular complexity index is 1330. The van der Waals surface area contributed by atoms with Crippen LogP contribution in [0.5, 0.6) is 5.75 Å². The normalized spacial score (nSPS) is 10.7. The van der Waals surface area contributed by atoms with Crippen LogP contribution in [-0.2, 0) is 11.3 Å². The van der Waals surface area contributed by atoms with Gasteiger partial charge in [-0.2, -0.15) is 0 Å². The van der Waals surface area contributed by atoms with Crippen LogP contribution in [0.15, 0.2) is 73.1 Å². The van der Waals surface area contributed by atoms with E-state index in [4.69, 9.17) is 4.74 Å². The molecule has 0 spiro atoms. The van der Waals surface area contributed by atoms with Gasteiger partial charge in [0.2, 0.25) is 5.78 Å². The van der Waals surface area contributed by atoms with Crippen LogP contribution >= 0.6 is 0 Å². The van der Waals surface area contributed by atoms with Crippen LogP contribution in [0.3, 0.4) is 0 Å². The molecule has 0 radical (unpaired) electrons. The standard InChI is InChI=1S/C25H21N3O5/c1-2-33-25(32)20-14-21(23(30)16-8-10-18(29)11-9-16)28-13-5-7-19(22(20)28)24(31)27-15-17-6-3-4-12-26-17/h3-14,29H,2,15H2,1H3,(H,27,31). The lowest BCUT2D eigenvalue weighted by Crippen LogP contribution is -2.24. The maximum atomic E-state index is 13.2. The van der Waals surface area contributed by atoms with Gasteiger partial charge in [0.15, 0.2) is 0 Å². The number of nitrogens with one attached hydrogen (secondary N) is 1. The zero-order valence-corrected chi connectivity index (χ0v) is 17.8. The lowest BCUT2D eigenvalue weighted by molar-refractivity contribution is 0.0528. The van der Waals surface area contributed by atoms with Gasteiger partial charge in [-0.05, 0) is 61.5 Å². The van der Waals surface area contributed by atoms with Gasteiger partial charge in [0, 0.05) is 18.0 Å². The fourth-order valence-electron chi connectivity index (χ4n) is 3.51. The zero-order valence-electron chi connectivity index (χ0n) is 17.8. The molecule has 166 valence electrons. The van der Waals surface area contributed by atoms with E-state index in [1.54, 1.807) is 43.6 Å². The number of aromatic nitrogens is 2. The maximum absolute atomic E-state index is 13.2. The summed E-state index contributed by atoms with van der Waals surface area (Å²) < 4.78 is 6.69. The summed E-state index contributed by atoms with van der Waals surface area (Å²) in [5.41, 5.74) is 1.81. The Kier molecular flexibility index (Phi) is 6.17. The molecule has 0 saturated heterocycles. The second-order valence-electron chi connectivity index (χ2n) is 7.18. The highest BCUT2D eigenvalue weighted by atomic mass is 16.5. The minimum absolute atomic E-state index is 0.0330. The number of carbonyl (C=O) groups is 3. The molecule has 0 aliphatic carbocycles. The second kappa shape index (κ2) is 9.35. The largest absolute Gasteiger partial charge is 0.508 e. The third-order valence-electron chi connectivity index (χ3n) is 5.05. The topological polar surface area (TPSA) is 110 Å². The van der Waals surface area contributed by atoms with Gasteiger partial charge < -0.3 is 19.6 Å². The summed E-state index contributed by atoms with van der Waals surface area (Å²) in [5, 5.41) is 12.3. The number of phenols is 1. The lowest BCUT2D eigenvalue weighted by Gasteiger charge is -2.09. The summed E-state index contributed by atoms with van der Waals surface area (Å²) in [4.78, 5) is 43.1. The summed E-state index contributed by atoms with van der Waals surface area (Å²) in [6, 6.07) is 15.8. The van der Waals surface area contributed by atoms with Crippen molar-refractivity contribution in [3.63, 3.8) is 0 Å². The average Bonchev–Trinajstić information content (AvgIpc) is 3.23. The van der Waals surface area contributed by atoms with Crippen molar-refractivity contribution in [1.82, 2.24) is 14.7 Å². The summed E-state index contributed by atoms with van der Waals surface area (Å²) in [7, 11) is 0. The zero-order chi connectivity index (χ0) is 23.4. The van der Waals surface area contributed by atoms with Gasteiger partial charge in [-0.3, -0.25) is 14.6 Å². The van der Waals surface area contributed by atoms with E-state index >= 15 is 0 Å². The van der Waals surface area contributed by atoms with E-state index in [1.807, 2.05) is 6.07 Å². The molecule has 0 atom stereocenters. The molecule has 1 amide bonds. The van der Waals surface area contributed by atoms with Gasteiger partial charge in [-0.1, -0.05) is 6.07 Å². The first-order valence-electron chi connectivity index (χ1n) is 10.3. The van der Waals surface area contributed by atoms with Crippen LogP contribution in [0.1, 0.15) is 49.4 Å². The molecule has 3 aromatic heterocycles. The van der Waals surface area contributed by atoms with Crippen molar-refractivity contribution < 1.29 is 24.2 Å². The number of rotatable bonds is 7. The van der Waals surface area contributed by atoms with Gasteiger partial charge in [-0.15, -0.1) is 0 Å². The number of pyridine rings is 2. The Hall–Kier alpha value is -4.46.